The van der Waals surface area contributed by atoms with Gasteiger partial charge in [0.25, 0.3) is 0 Å². The van der Waals surface area contributed by atoms with E-state index < -0.39 is 17.9 Å². The van der Waals surface area contributed by atoms with E-state index in [4.69, 9.17) is 40.6 Å². The summed E-state index contributed by atoms with van der Waals surface area (Å²) in [5.41, 5.74) is 0.782. The lowest BCUT2D eigenvalue weighted by Gasteiger charge is -2.34. The van der Waals surface area contributed by atoms with Gasteiger partial charge in [0.2, 0.25) is 0 Å². The van der Waals surface area contributed by atoms with E-state index in [0.29, 0.717) is 17.5 Å². The summed E-state index contributed by atoms with van der Waals surface area (Å²) in [5, 5.41) is 7.09. The van der Waals surface area contributed by atoms with Crippen LogP contribution in [0.3, 0.4) is 0 Å². The summed E-state index contributed by atoms with van der Waals surface area (Å²) < 4.78 is 36.6. The Bertz CT molecular complexity index is 846. The van der Waals surface area contributed by atoms with Gasteiger partial charge < -0.3 is 39.1 Å². The number of benzene rings is 1. The summed E-state index contributed by atoms with van der Waals surface area (Å²) in [6.45, 7) is 4.26. The Kier molecular flexibility index (Phi) is 6.06. The van der Waals surface area contributed by atoms with Crippen molar-refractivity contribution in [2.24, 2.45) is 0 Å². The van der Waals surface area contributed by atoms with Crippen LogP contribution in [0.5, 0.6) is 5.75 Å². The Morgan fingerprint density at radius 2 is 1.84 bits per heavy atom. The Morgan fingerprint density at radius 3 is 2.62 bits per heavy atom. The Hall–Kier alpha value is -1.49. The zero-order valence-electron chi connectivity index (χ0n) is 18.8. The molecule has 4 fully saturated rings. The molecule has 2 N–H and O–H groups in total. The van der Waals surface area contributed by atoms with Crippen molar-refractivity contribution in [3.05, 3.63) is 24.3 Å². The van der Waals surface area contributed by atoms with E-state index in [1.165, 1.54) is 6.42 Å². The fraction of sp³-hybridized carbons (Fsp3) is 0.696. The first-order chi connectivity index (χ1) is 15.4. The summed E-state index contributed by atoms with van der Waals surface area (Å²) in [6, 6.07) is 7.37. The third-order valence-electron chi connectivity index (χ3n) is 6.60. The van der Waals surface area contributed by atoms with Gasteiger partial charge in [0, 0.05) is 12.8 Å². The molecular formula is C23H32N2O6S. The van der Waals surface area contributed by atoms with Crippen molar-refractivity contribution in [1.29, 1.82) is 0 Å². The number of fused-ring (bicyclic) bond motifs is 1. The number of ether oxygens (including phenoxy) is 6. The highest BCUT2D eigenvalue weighted by atomic mass is 32.1. The predicted octanol–water partition coefficient (Wildman–Crippen LogP) is 3.30. The van der Waals surface area contributed by atoms with Crippen LogP contribution in [-0.4, -0.2) is 61.0 Å². The zero-order valence-corrected chi connectivity index (χ0v) is 19.6. The van der Waals surface area contributed by atoms with Gasteiger partial charge in [0.15, 0.2) is 23.0 Å². The number of para-hydroxylation sites is 2. The maximum atomic E-state index is 6.48. The molecule has 1 aromatic rings. The molecule has 1 saturated carbocycles. The van der Waals surface area contributed by atoms with Crippen LogP contribution < -0.4 is 15.4 Å². The van der Waals surface area contributed by atoms with E-state index in [1.807, 2.05) is 38.1 Å². The number of thiocarbonyl (C=S) groups is 1. The maximum Gasteiger partial charge on any atom is 0.189 e. The second kappa shape index (κ2) is 8.70. The molecule has 3 aliphatic heterocycles. The fourth-order valence-electron chi connectivity index (χ4n) is 5.17. The summed E-state index contributed by atoms with van der Waals surface area (Å²) in [6.07, 6.45) is 3.97. The first-order valence-corrected chi connectivity index (χ1v) is 11.8. The molecule has 9 heteroatoms. The largest absolute Gasteiger partial charge is 0.495 e. The zero-order chi connectivity index (χ0) is 22.3. The molecule has 1 aliphatic carbocycles. The third kappa shape index (κ3) is 4.34. The number of anilines is 1. The molecule has 8 nitrogen and oxygen atoms in total. The van der Waals surface area contributed by atoms with E-state index in [9.17, 15) is 0 Å². The predicted molar refractivity (Wildman–Crippen MR) is 121 cm³/mol. The molecule has 0 amide bonds. The van der Waals surface area contributed by atoms with E-state index in [2.05, 4.69) is 10.6 Å². The Balaban J connectivity index is 1.31. The molecule has 4 aliphatic rings. The first kappa shape index (κ1) is 22.3. The average molecular weight is 465 g/mol. The van der Waals surface area contributed by atoms with Crippen molar-refractivity contribution in [3.63, 3.8) is 0 Å². The lowest BCUT2D eigenvalue weighted by Crippen LogP contribution is -2.53. The van der Waals surface area contributed by atoms with Crippen LogP contribution in [-0.2, 0) is 23.7 Å². The quantitative estimate of drug-likeness (QED) is 0.653. The number of hydrogen-bond donors (Lipinski definition) is 2. The van der Waals surface area contributed by atoms with Gasteiger partial charge in [-0.25, -0.2) is 0 Å². The van der Waals surface area contributed by atoms with E-state index in [0.717, 1.165) is 31.4 Å². The van der Waals surface area contributed by atoms with Gasteiger partial charge in [-0.1, -0.05) is 18.6 Å². The minimum Gasteiger partial charge on any atom is -0.495 e. The van der Waals surface area contributed by atoms with Gasteiger partial charge in [-0.15, -0.1) is 0 Å². The van der Waals surface area contributed by atoms with Crippen molar-refractivity contribution >= 4 is 23.0 Å². The fourth-order valence-corrected chi connectivity index (χ4v) is 5.41. The molecule has 0 aromatic heterocycles. The van der Waals surface area contributed by atoms with Crippen LogP contribution in [0.4, 0.5) is 5.69 Å². The topological polar surface area (TPSA) is 79.4 Å². The van der Waals surface area contributed by atoms with Gasteiger partial charge in [0.05, 0.1) is 25.4 Å². The molecule has 3 saturated heterocycles. The maximum absolute atomic E-state index is 6.48. The monoisotopic (exact) mass is 464 g/mol. The standard InChI is InChI=1S/C23H32N2O6S/c1-22(2)30-19-17(25-21(32)24-14-9-5-6-10-15(14)26-3)18(28-20(19)31-22)16-13-27-23(29-16)11-7-4-8-12-23/h5-6,9-10,16-20H,4,7-8,11-13H2,1-3H3,(H2,24,25,32)/t16-,17+,18-,19-,20-/m1/s1. The molecule has 176 valence electrons. The van der Waals surface area contributed by atoms with Gasteiger partial charge >= 0.3 is 0 Å². The Morgan fingerprint density at radius 1 is 1.06 bits per heavy atom. The van der Waals surface area contributed by atoms with Crippen LogP contribution in [0.15, 0.2) is 24.3 Å². The number of nitrogens with one attached hydrogen (secondary N) is 2. The molecule has 1 aromatic carbocycles. The smallest absolute Gasteiger partial charge is 0.189 e. The van der Waals surface area contributed by atoms with Gasteiger partial charge in [0.1, 0.15) is 24.1 Å². The summed E-state index contributed by atoms with van der Waals surface area (Å²) >= 11 is 5.64. The van der Waals surface area contributed by atoms with Crippen LogP contribution in [0.1, 0.15) is 46.0 Å². The molecule has 0 unspecified atom stereocenters. The second-order valence-corrected chi connectivity index (χ2v) is 9.74. The summed E-state index contributed by atoms with van der Waals surface area (Å²) in [4.78, 5) is 0. The third-order valence-corrected chi connectivity index (χ3v) is 6.82. The van der Waals surface area contributed by atoms with E-state index >= 15 is 0 Å². The van der Waals surface area contributed by atoms with E-state index in [1.54, 1.807) is 7.11 Å². The van der Waals surface area contributed by atoms with Crippen molar-refractivity contribution in [1.82, 2.24) is 5.32 Å². The average Bonchev–Trinajstić information content (AvgIpc) is 3.40. The molecule has 3 heterocycles. The lowest BCUT2D eigenvalue weighted by molar-refractivity contribution is -0.231. The van der Waals surface area contributed by atoms with Crippen LogP contribution >= 0.6 is 12.2 Å². The molecule has 1 spiro atoms. The molecule has 32 heavy (non-hydrogen) atoms. The molecule has 0 bridgehead atoms. The number of rotatable bonds is 4. The van der Waals surface area contributed by atoms with Crippen molar-refractivity contribution < 1.29 is 28.4 Å². The van der Waals surface area contributed by atoms with Gasteiger partial charge in [-0.05, 0) is 51.0 Å². The number of hydrogen-bond acceptors (Lipinski definition) is 7. The molecule has 0 radical (unpaired) electrons. The van der Waals surface area contributed by atoms with Gasteiger partial charge in [-0.3, -0.25) is 0 Å². The highest BCUT2D eigenvalue weighted by Gasteiger charge is 2.59. The van der Waals surface area contributed by atoms with Crippen molar-refractivity contribution in [2.45, 2.75) is 88.2 Å². The minimum atomic E-state index is -0.727. The van der Waals surface area contributed by atoms with Crippen LogP contribution in [0.2, 0.25) is 0 Å². The van der Waals surface area contributed by atoms with Crippen molar-refractivity contribution in [3.8, 4) is 5.75 Å². The van der Waals surface area contributed by atoms with Gasteiger partial charge in [-0.2, -0.15) is 0 Å². The SMILES string of the molecule is COc1ccccc1NC(=S)N[C@@H]1[C@H]2OC(C)(C)O[C@H]2O[C@@H]1[C@H]1COC2(CCCCC2)O1. The minimum absolute atomic E-state index is 0.222. The highest BCUT2D eigenvalue weighted by Crippen LogP contribution is 2.44. The lowest BCUT2D eigenvalue weighted by atomic mass is 9.94. The van der Waals surface area contributed by atoms with E-state index in [-0.39, 0.29) is 24.4 Å². The summed E-state index contributed by atoms with van der Waals surface area (Å²) in [7, 11) is 1.63. The molecule has 5 atom stereocenters. The molecule has 5 rings (SSSR count). The second-order valence-electron chi connectivity index (χ2n) is 9.33. The normalized spacial score (nSPS) is 34.9. The highest BCUT2D eigenvalue weighted by molar-refractivity contribution is 7.80. The van der Waals surface area contributed by atoms with Crippen LogP contribution in [0.25, 0.3) is 0 Å². The Labute approximate surface area is 194 Å². The van der Waals surface area contributed by atoms with Crippen LogP contribution in [0, 0.1) is 0 Å². The number of methoxy groups -OCH3 is 1. The summed E-state index contributed by atoms with van der Waals surface area (Å²) in [5.74, 6) is -0.497. The van der Waals surface area contributed by atoms with Crippen molar-refractivity contribution in [2.75, 3.05) is 19.0 Å². The first-order valence-electron chi connectivity index (χ1n) is 11.4. The molecular weight excluding hydrogens is 432 g/mol.